The van der Waals surface area contributed by atoms with Gasteiger partial charge in [0.25, 0.3) is 5.91 Å². The minimum absolute atomic E-state index is 0.0338. The molecule has 0 fully saturated rings. The van der Waals surface area contributed by atoms with E-state index in [4.69, 9.17) is 5.73 Å². The molecule has 120 valence electrons. The molecule has 1 aliphatic heterocycles. The molecule has 1 aliphatic rings. The molecule has 1 atom stereocenters. The molecular weight excluding hydrogens is 278 g/mol. The fraction of sp³-hybridized carbons (Fsp3) is 0.529. The van der Waals surface area contributed by atoms with Gasteiger partial charge >= 0.3 is 0 Å². The fourth-order valence-corrected chi connectivity index (χ4v) is 2.63. The molecule has 5 nitrogen and oxygen atoms in total. The first-order valence-corrected chi connectivity index (χ1v) is 7.72. The summed E-state index contributed by atoms with van der Waals surface area (Å²) in [6, 6.07) is 5.51. The zero-order chi connectivity index (χ0) is 16.5. The predicted molar refractivity (Wildman–Crippen MR) is 87.9 cm³/mol. The van der Waals surface area contributed by atoms with Crippen LogP contribution in [0.25, 0.3) is 0 Å². The maximum Gasteiger partial charge on any atom is 0.251 e. The topological polar surface area (TPSA) is 75.4 Å². The predicted octanol–water partition coefficient (Wildman–Crippen LogP) is 1.70. The summed E-state index contributed by atoms with van der Waals surface area (Å²) in [5.74, 6) is 0.154. The Balaban J connectivity index is 2.21. The lowest BCUT2D eigenvalue weighted by Gasteiger charge is -2.33. The number of hydrogen-bond acceptors (Lipinski definition) is 3. The van der Waals surface area contributed by atoms with Crippen LogP contribution < -0.4 is 16.0 Å². The highest BCUT2D eigenvalue weighted by Crippen LogP contribution is 2.29. The SMILES string of the molecule is CC(=O)N1CCc2cc(C(=O)NC(C)(CN)C(C)C)ccc21. The molecule has 1 heterocycles. The number of rotatable bonds is 4. The van der Waals surface area contributed by atoms with E-state index >= 15 is 0 Å². The standard InChI is InChI=1S/C17H25N3O2/c1-11(2)17(4,10-18)19-16(22)14-5-6-15-13(9-14)7-8-20(15)12(3)21/h5-6,9,11H,7-8,10,18H2,1-4H3,(H,19,22). The minimum Gasteiger partial charge on any atom is -0.345 e. The van der Waals surface area contributed by atoms with Crippen molar-refractivity contribution in [2.24, 2.45) is 11.7 Å². The molecule has 3 N–H and O–H groups in total. The van der Waals surface area contributed by atoms with E-state index in [1.807, 2.05) is 32.9 Å². The average molecular weight is 303 g/mol. The zero-order valence-electron chi connectivity index (χ0n) is 13.8. The summed E-state index contributed by atoms with van der Waals surface area (Å²) in [4.78, 5) is 25.8. The van der Waals surface area contributed by atoms with Crippen LogP contribution >= 0.6 is 0 Å². The number of nitrogens with zero attached hydrogens (tertiary/aromatic N) is 1. The first kappa shape index (κ1) is 16.5. The Morgan fingerprint density at radius 2 is 2.09 bits per heavy atom. The van der Waals surface area contributed by atoms with Crippen LogP contribution in [0.4, 0.5) is 5.69 Å². The van der Waals surface area contributed by atoms with Crippen molar-refractivity contribution in [2.75, 3.05) is 18.0 Å². The number of carbonyl (C=O) groups excluding carboxylic acids is 2. The van der Waals surface area contributed by atoms with Gasteiger partial charge in [-0.2, -0.15) is 0 Å². The van der Waals surface area contributed by atoms with Crippen molar-refractivity contribution in [3.05, 3.63) is 29.3 Å². The Bertz CT molecular complexity index is 598. The van der Waals surface area contributed by atoms with E-state index < -0.39 is 5.54 Å². The first-order valence-electron chi connectivity index (χ1n) is 7.72. The van der Waals surface area contributed by atoms with Gasteiger partial charge in [-0.25, -0.2) is 0 Å². The molecule has 1 unspecified atom stereocenters. The molecule has 0 spiro atoms. The number of hydrogen-bond donors (Lipinski definition) is 2. The van der Waals surface area contributed by atoms with Gasteiger partial charge in [-0.1, -0.05) is 13.8 Å². The zero-order valence-corrected chi connectivity index (χ0v) is 13.8. The van der Waals surface area contributed by atoms with Gasteiger partial charge in [-0.15, -0.1) is 0 Å². The summed E-state index contributed by atoms with van der Waals surface area (Å²) in [7, 11) is 0. The van der Waals surface area contributed by atoms with Crippen LogP contribution in [-0.4, -0.2) is 30.4 Å². The number of fused-ring (bicyclic) bond motifs is 1. The third-order valence-corrected chi connectivity index (χ3v) is 4.71. The van der Waals surface area contributed by atoms with E-state index in [9.17, 15) is 9.59 Å². The van der Waals surface area contributed by atoms with Crippen LogP contribution in [0.2, 0.25) is 0 Å². The van der Waals surface area contributed by atoms with Crippen molar-refractivity contribution in [2.45, 2.75) is 39.7 Å². The van der Waals surface area contributed by atoms with Crippen LogP contribution in [0, 0.1) is 5.92 Å². The van der Waals surface area contributed by atoms with Crippen molar-refractivity contribution < 1.29 is 9.59 Å². The smallest absolute Gasteiger partial charge is 0.251 e. The number of nitrogens with two attached hydrogens (primary N) is 1. The molecule has 0 radical (unpaired) electrons. The van der Waals surface area contributed by atoms with Crippen LogP contribution in [0.15, 0.2) is 18.2 Å². The third-order valence-electron chi connectivity index (χ3n) is 4.71. The number of anilines is 1. The van der Waals surface area contributed by atoms with Crippen molar-refractivity contribution in [3.8, 4) is 0 Å². The second-order valence-electron chi connectivity index (χ2n) is 6.49. The van der Waals surface area contributed by atoms with Gasteiger partial charge in [-0.05, 0) is 43.0 Å². The molecule has 0 aromatic heterocycles. The second kappa shape index (κ2) is 6.08. The Kier molecular flexibility index (Phi) is 4.56. The van der Waals surface area contributed by atoms with Gasteiger partial charge in [-0.3, -0.25) is 9.59 Å². The molecule has 0 saturated heterocycles. The van der Waals surface area contributed by atoms with E-state index in [0.29, 0.717) is 18.7 Å². The lowest BCUT2D eigenvalue weighted by molar-refractivity contribution is -0.116. The number of amides is 2. The summed E-state index contributed by atoms with van der Waals surface area (Å²) in [5.41, 5.74) is 7.96. The van der Waals surface area contributed by atoms with E-state index in [0.717, 1.165) is 17.7 Å². The minimum atomic E-state index is -0.429. The highest BCUT2D eigenvalue weighted by Gasteiger charge is 2.30. The van der Waals surface area contributed by atoms with Crippen LogP contribution in [-0.2, 0) is 11.2 Å². The first-order chi connectivity index (χ1) is 10.3. The molecular formula is C17H25N3O2. The molecule has 1 aromatic carbocycles. The van der Waals surface area contributed by atoms with Crippen molar-refractivity contribution in [1.82, 2.24) is 5.32 Å². The van der Waals surface area contributed by atoms with Gasteiger partial charge in [0.1, 0.15) is 0 Å². The number of benzene rings is 1. The Hall–Kier alpha value is -1.88. The van der Waals surface area contributed by atoms with E-state index in [-0.39, 0.29) is 17.7 Å². The van der Waals surface area contributed by atoms with Crippen LogP contribution in [0.5, 0.6) is 0 Å². The van der Waals surface area contributed by atoms with Gasteiger partial charge < -0.3 is 16.0 Å². The quantitative estimate of drug-likeness (QED) is 0.889. The monoisotopic (exact) mass is 303 g/mol. The molecule has 2 rings (SSSR count). The van der Waals surface area contributed by atoms with Gasteiger partial charge in [0.05, 0.1) is 5.54 Å². The van der Waals surface area contributed by atoms with E-state index in [1.165, 1.54) is 0 Å². The van der Waals surface area contributed by atoms with Crippen molar-refractivity contribution in [1.29, 1.82) is 0 Å². The highest BCUT2D eigenvalue weighted by molar-refractivity contribution is 5.98. The summed E-state index contributed by atoms with van der Waals surface area (Å²) in [6.45, 7) is 8.67. The molecule has 2 amide bonds. The maximum atomic E-state index is 12.5. The maximum absolute atomic E-state index is 12.5. The Morgan fingerprint density at radius 3 is 2.64 bits per heavy atom. The number of nitrogens with one attached hydrogen (secondary N) is 1. The third kappa shape index (κ3) is 2.99. The highest BCUT2D eigenvalue weighted by atomic mass is 16.2. The lowest BCUT2D eigenvalue weighted by atomic mass is 9.88. The molecule has 1 aromatic rings. The molecule has 0 aliphatic carbocycles. The van der Waals surface area contributed by atoms with Gasteiger partial charge in [0, 0.05) is 31.3 Å². The fourth-order valence-electron chi connectivity index (χ4n) is 2.63. The molecule has 0 saturated carbocycles. The lowest BCUT2D eigenvalue weighted by Crippen LogP contribution is -2.55. The average Bonchev–Trinajstić information content (AvgIpc) is 2.89. The molecule has 0 bridgehead atoms. The summed E-state index contributed by atoms with van der Waals surface area (Å²) in [6.07, 6.45) is 0.786. The van der Waals surface area contributed by atoms with Crippen LogP contribution in [0.3, 0.4) is 0 Å². The van der Waals surface area contributed by atoms with Crippen LogP contribution in [0.1, 0.15) is 43.6 Å². The normalized spacial score (nSPS) is 16.4. The van der Waals surface area contributed by atoms with E-state index in [2.05, 4.69) is 5.32 Å². The van der Waals surface area contributed by atoms with Crippen molar-refractivity contribution in [3.63, 3.8) is 0 Å². The summed E-state index contributed by atoms with van der Waals surface area (Å²) in [5, 5.41) is 3.04. The van der Waals surface area contributed by atoms with E-state index in [1.54, 1.807) is 17.9 Å². The largest absolute Gasteiger partial charge is 0.345 e. The van der Waals surface area contributed by atoms with Crippen molar-refractivity contribution >= 4 is 17.5 Å². The Morgan fingerprint density at radius 1 is 1.41 bits per heavy atom. The number of carbonyl (C=O) groups is 2. The Labute approximate surface area is 131 Å². The molecule has 22 heavy (non-hydrogen) atoms. The summed E-state index contributed by atoms with van der Waals surface area (Å²) >= 11 is 0. The van der Waals surface area contributed by atoms with Gasteiger partial charge in [0.15, 0.2) is 0 Å². The molecule has 5 heteroatoms. The van der Waals surface area contributed by atoms with Gasteiger partial charge in [0.2, 0.25) is 5.91 Å². The second-order valence-corrected chi connectivity index (χ2v) is 6.49. The summed E-state index contributed by atoms with van der Waals surface area (Å²) < 4.78 is 0.